The summed E-state index contributed by atoms with van der Waals surface area (Å²) < 4.78 is 27.9. The summed E-state index contributed by atoms with van der Waals surface area (Å²) in [4.78, 5) is 32.1. The van der Waals surface area contributed by atoms with Crippen molar-refractivity contribution in [1.82, 2.24) is 19.9 Å². The second-order valence-electron chi connectivity index (χ2n) is 19.4. The molecule has 7 aliphatic rings. The minimum atomic E-state index is -2.83. The second-order valence-corrected chi connectivity index (χ2v) is 21.9. The zero-order valence-electron chi connectivity index (χ0n) is 33.9. The molecule has 55 heavy (non-hydrogen) atoms. The van der Waals surface area contributed by atoms with E-state index in [0.29, 0.717) is 34.5 Å². The Hall–Kier alpha value is -2.69. The number of rotatable bonds is 11. The highest BCUT2D eigenvalue weighted by molar-refractivity contribution is 7.93. The van der Waals surface area contributed by atoms with E-state index in [0.717, 1.165) is 124 Å². The van der Waals surface area contributed by atoms with Crippen molar-refractivity contribution in [2.75, 3.05) is 43.9 Å². The third-order valence-electron chi connectivity index (χ3n) is 16.4. The van der Waals surface area contributed by atoms with Gasteiger partial charge in [0.15, 0.2) is 5.82 Å². The lowest BCUT2D eigenvalue weighted by atomic mass is 9.45. The Morgan fingerprint density at radius 3 is 2.62 bits per heavy atom. The summed E-state index contributed by atoms with van der Waals surface area (Å²) in [5.74, 6) is 5.11. The maximum Gasteiger partial charge on any atom is 0.162 e. The van der Waals surface area contributed by atoms with Gasteiger partial charge >= 0.3 is 0 Å². The van der Waals surface area contributed by atoms with Crippen LogP contribution in [0.1, 0.15) is 128 Å². The molecule has 1 saturated heterocycles. The zero-order chi connectivity index (χ0) is 38.2. The van der Waals surface area contributed by atoms with Crippen LogP contribution in [0.25, 0.3) is 17.5 Å². The molecule has 6 aliphatic carbocycles. The van der Waals surface area contributed by atoms with Crippen molar-refractivity contribution >= 4 is 27.4 Å². The summed E-state index contributed by atoms with van der Waals surface area (Å²) in [6.45, 7) is 12.2. The lowest BCUT2D eigenvalue weighted by molar-refractivity contribution is -0.145. The molecule has 10 heteroatoms. The van der Waals surface area contributed by atoms with Crippen LogP contribution in [0.5, 0.6) is 0 Å². The normalized spacial score (nSPS) is 36.1. The van der Waals surface area contributed by atoms with Crippen molar-refractivity contribution in [3.8, 4) is 11.4 Å². The van der Waals surface area contributed by atoms with Gasteiger partial charge in [-0.1, -0.05) is 26.0 Å². The van der Waals surface area contributed by atoms with Crippen LogP contribution in [-0.4, -0.2) is 81.0 Å². The van der Waals surface area contributed by atoms with E-state index in [4.69, 9.17) is 19.5 Å². The first kappa shape index (κ1) is 37.9. The molecule has 9 nitrogen and oxygen atoms in total. The van der Waals surface area contributed by atoms with Crippen LogP contribution in [0.15, 0.2) is 24.4 Å². The Morgan fingerprint density at radius 2 is 1.82 bits per heavy atom. The number of piperazine rings is 1. The van der Waals surface area contributed by atoms with Gasteiger partial charge < -0.3 is 9.64 Å². The van der Waals surface area contributed by atoms with Crippen molar-refractivity contribution in [3.05, 3.63) is 41.4 Å². The molecule has 0 aromatic carbocycles. The molecule has 5 saturated carbocycles. The van der Waals surface area contributed by atoms with Gasteiger partial charge in [0.05, 0.1) is 32.0 Å². The number of unbranched alkanes of at least 4 members (excludes halogenated alkanes) is 2. The summed E-state index contributed by atoms with van der Waals surface area (Å²) in [5, 5.41) is 0. The first-order valence-corrected chi connectivity index (χ1v) is 23.8. The van der Waals surface area contributed by atoms with Gasteiger partial charge in [0.25, 0.3) is 0 Å². The van der Waals surface area contributed by atoms with E-state index < -0.39 is 14.5 Å². The molecule has 3 heterocycles. The predicted molar refractivity (Wildman–Crippen MR) is 219 cm³/mol. The number of allylic oxidation sites excluding steroid dienone is 1. The third kappa shape index (κ3) is 6.62. The fourth-order valence-electron chi connectivity index (χ4n) is 12.9. The molecule has 1 N–H and O–H groups in total. The Morgan fingerprint density at radius 1 is 0.982 bits per heavy atom. The van der Waals surface area contributed by atoms with E-state index in [1.54, 1.807) is 6.26 Å². The average Bonchev–Trinajstić information content (AvgIpc) is 3.74. The number of hydrogen-bond acceptors (Lipinski definition) is 9. The van der Waals surface area contributed by atoms with E-state index in [1.165, 1.54) is 51.4 Å². The van der Waals surface area contributed by atoms with Crippen molar-refractivity contribution < 1.29 is 13.7 Å². The molecule has 9 atom stereocenters. The summed E-state index contributed by atoms with van der Waals surface area (Å²) in [5.41, 5.74) is 4.54. The minimum absolute atomic E-state index is 0.275. The van der Waals surface area contributed by atoms with E-state index in [2.05, 4.69) is 47.7 Å². The van der Waals surface area contributed by atoms with E-state index in [-0.39, 0.29) is 6.04 Å². The molecule has 2 aromatic heterocycles. The van der Waals surface area contributed by atoms with Gasteiger partial charge in [0.2, 0.25) is 0 Å². The smallest absolute Gasteiger partial charge is 0.162 e. The van der Waals surface area contributed by atoms with Gasteiger partial charge in [0.1, 0.15) is 11.6 Å². The van der Waals surface area contributed by atoms with Crippen LogP contribution in [0.2, 0.25) is 0 Å². The lowest BCUT2D eigenvalue weighted by Gasteiger charge is -2.60. The van der Waals surface area contributed by atoms with Crippen LogP contribution in [0.3, 0.4) is 0 Å². The molecule has 9 rings (SSSR count). The first-order valence-electron chi connectivity index (χ1n) is 21.8. The molecule has 0 spiro atoms. The molecular formula is C45H64N6O3S. The van der Waals surface area contributed by atoms with Crippen LogP contribution in [0, 0.1) is 39.3 Å². The van der Waals surface area contributed by atoms with Crippen LogP contribution in [-0.2, 0) is 30.4 Å². The number of aromatic nitrogens is 3. The van der Waals surface area contributed by atoms with E-state index in [1.807, 2.05) is 18.3 Å². The number of ether oxygens (including phenoxy) is 1. The Bertz CT molecular complexity index is 1950. The van der Waals surface area contributed by atoms with Crippen LogP contribution in [0.4, 0.5) is 5.82 Å². The molecule has 0 amide bonds. The molecule has 0 radical (unpaired) electrons. The predicted octanol–water partition coefficient (Wildman–Crippen LogP) is 8.45. The number of ketones is 1. The van der Waals surface area contributed by atoms with Crippen LogP contribution < -0.4 is 4.90 Å². The maximum atomic E-state index is 13.3. The number of nitrogens with one attached hydrogen (secondary N) is 1. The largest absolute Gasteiger partial charge is 0.378 e. The number of pyridine rings is 1. The summed E-state index contributed by atoms with van der Waals surface area (Å²) in [6.07, 6.45) is 24.4. The maximum absolute atomic E-state index is 13.3. The topological polar surface area (TPSA) is 112 Å². The Labute approximate surface area is 329 Å². The number of anilines is 1. The van der Waals surface area contributed by atoms with Crippen LogP contribution >= 0.6 is 0 Å². The van der Waals surface area contributed by atoms with Gasteiger partial charge in [-0.15, -0.1) is 0 Å². The molecule has 1 aliphatic heterocycles. The Balaban J connectivity index is 0.775. The van der Waals surface area contributed by atoms with Crippen molar-refractivity contribution in [2.45, 2.75) is 134 Å². The SMILES string of the molecule is C[C@@H]1CN(CCCCCO[C@H]2CC[C@H]3[C@@H]4CC[C@H]5CC(=O)CC[C@]5(C)[C@H]4CC[C@]23C)CCN1c1cc(C2([S@](C)(=N)=O)CC2)nc(-c2ccnc3c2C=CC3)n1. The zero-order valence-corrected chi connectivity index (χ0v) is 34.7. The Kier molecular flexibility index (Phi) is 9.84. The number of carbonyl (C=O) groups excluding carboxylic acids is 1. The molecule has 0 unspecified atom stereocenters. The van der Waals surface area contributed by atoms with Gasteiger partial charge in [-0.2, -0.15) is 0 Å². The summed E-state index contributed by atoms with van der Waals surface area (Å²) >= 11 is 0. The second kappa shape index (κ2) is 14.3. The highest BCUT2D eigenvalue weighted by Crippen LogP contribution is 2.66. The third-order valence-corrected chi connectivity index (χ3v) is 18.5. The number of hydrogen-bond donors (Lipinski definition) is 1. The standard InChI is InChI=1S/C45H64N6O3S/c1-30-29-50(23-6-5-7-26-54-40-14-13-36-35-12-11-31-27-32(52)15-18-43(31,2)37(35)16-19-44(36,40)3)24-25-51(30)41-28-39(45(20-21-45)55(4,46)53)48-42(49-41)34-17-22-47-38-10-8-9-33(34)38/h8-9,17,22,28,30-31,35-37,40,46H,5-7,10-16,18-21,23-27,29H2,1-4H3/t30-,31+,35+,36+,37+,40+,43+,44+,55-/m1/s1. The van der Waals surface area contributed by atoms with Crippen molar-refractivity contribution in [3.63, 3.8) is 0 Å². The van der Waals surface area contributed by atoms with Crippen molar-refractivity contribution in [2.24, 2.45) is 34.5 Å². The molecule has 2 aromatic rings. The number of Topliss-reactive ketones (excluding diaryl/α,β-unsaturated/α-hetero) is 1. The highest BCUT2D eigenvalue weighted by Gasteiger charge is 2.60. The molecule has 6 fully saturated rings. The fourth-order valence-corrected chi connectivity index (χ4v) is 14.3. The van der Waals surface area contributed by atoms with Crippen molar-refractivity contribution in [1.29, 1.82) is 4.78 Å². The monoisotopic (exact) mass is 768 g/mol. The summed E-state index contributed by atoms with van der Waals surface area (Å²) in [7, 11) is -2.83. The van der Waals surface area contributed by atoms with Gasteiger partial charge in [-0.05, 0) is 131 Å². The van der Waals surface area contributed by atoms with Gasteiger partial charge in [0, 0.05) is 81.2 Å². The molecule has 0 bridgehead atoms. The van der Waals surface area contributed by atoms with Gasteiger partial charge in [-0.3, -0.25) is 19.5 Å². The number of nitrogens with zero attached hydrogens (tertiary/aromatic N) is 5. The minimum Gasteiger partial charge on any atom is -0.378 e. The number of carbonyl (C=O) groups is 1. The molecular weight excluding hydrogens is 705 g/mol. The van der Waals surface area contributed by atoms with Gasteiger partial charge in [-0.25, -0.2) is 14.2 Å². The number of fused-ring (bicyclic) bond motifs is 6. The van der Waals surface area contributed by atoms with E-state index >= 15 is 0 Å². The fraction of sp³-hybridized carbons (Fsp3) is 0.733. The average molecular weight is 769 g/mol. The lowest BCUT2D eigenvalue weighted by Crippen LogP contribution is -2.54. The summed E-state index contributed by atoms with van der Waals surface area (Å²) in [6, 6.07) is 4.31. The highest BCUT2D eigenvalue weighted by atomic mass is 32.2. The molecule has 298 valence electrons. The quantitative estimate of drug-likeness (QED) is 0.227. The van der Waals surface area contributed by atoms with E-state index in [9.17, 15) is 9.00 Å². The first-order chi connectivity index (χ1) is 26.4.